The Labute approximate surface area is 109 Å². The van der Waals surface area contributed by atoms with Crippen molar-refractivity contribution in [2.75, 3.05) is 12.8 Å². The van der Waals surface area contributed by atoms with Gasteiger partial charge in [0.05, 0.1) is 0 Å². The molecule has 0 heterocycles. The standard InChI is InChI=1S/C15H23NS/c1-11-7-12(2)14(13(3)8-11)9-16-10-15(17-4)5-6-15/h7-8,16H,5-6,9-10H2,1-4H3. The maximum Gasteiger partial charge on any atom is 0.0282 e. The van der Waals surface area contributed by atoms with Crippen molar-refractivity contribution in [3.8, 4) is 0 Å². The zero-order valence-corrected chi connectivity index (χ0v) is 12.2. The van der Waals surface area contributed by atoms with Crippen molar-refractivity contribution in [3.63, 3.8) is 0 Å². The van der Waals surface area contributed by atoms with E-state index >= 15 is 0 Å². The van der Waals surface area contributed by atoms with E-state index in [9.17, 15) is 0 Å². The molecule has 0 unspecified atom stereocenters. The van der Waals surface area contributed by atoms with Gasteiger partial charge in [-0.1, -0.05) is 17.7 Å². The van der Waals surface area contributed by atoms with Crippen molar-refractivity contribution < 1.29 is 0 Å². The number of nitrogens with one attached hydrogen (secondary N) is 1. The molecule has 1 saturated carbocycles. The molecule has 2 rings (SSSR count). The molecule has 0 spiro atoms. The van der Waals surface area contributed by atoms with Gasteiger partial charge in [0.1, 0.15) is 0 Å². The number of hydrogen-bond acceptors (Lipinski definition) is 2. The van der Waals surface area contributed by atoms with E-state index in [1.165, 1.54) is 35.1 Å². The Hall–Kier alpha value is -0.470. The minimum Gasteiger partial charge on any atom is -0.311 e. The van der Waals surface area contributed by atoms with Gasteiger partial charge in [0.2, 0.25) is 0 Å². The van der Waals surface area contributed by atoms with Gasteiger partial charge in [0, 0.05) is 17.8 Å². The highest BCUT2D eigenvalue weighted by Crippen LogP contribution is 2.46. The third-order valence-electron chi connectivity index (χ3n) is 3.83. The molecular formula is C15H23NS. The van der Waals surface area contributed by atoms with Crippen molar-refractivity contribution >= 4 is 11.8 Å². The number of benzene rings is 1. The molecule has 0 amide bonds. The summed E-state index contributed by atoms with van der Waals surface area (Å²) in [6.45, 7) is 8.78. The van der Waals surface area contributed by atoms with Crippen LogP contribution in [0.3, 0.4) is 0 Å². The van der Waals surface area contributed by atoms with Crippen LogP contribution in [0.5, 0.6) is 0 Å². The highest BCUT2D eigenvalue weighted by Gasteiger charge is 2.41. The van der Waals surface area contributed by atoms with Crippen LogP contribution in [-0.4, -0.2) is 17.5 Å². The lowest BCUT2D eigenvalue weighted by Crippen LogP contribution is -2.26. The van der Waals surface area contributed by atoms with Gasteiger partial charge in [-0.3, -0.25) is 0 Å². The fourth-order valence-corrected chi connectivity index (χ4v) is 3.25. The first-order valence-corrected chi connectivity index (χ1v) is 7.61. The van der Waals surface area contributed by atoms with Gasteiger partial charge >= 0.3 is 0 Å². The van der Waals surface area contributed by atoms with Gasteiger partial charge in [-0.25, -0.2) is 0 Å². The lowest BCUT2D eigenvalue weighted by atomic mass is 10.00. The average molecular weight is 249 g/mol. The smallest absolute Gasteiger partial charge is 0.0282 e. The predicted molar refractivity (Wildman–Crippen MR) is 77.8 cm³/mol. The highest BCUT2D eigenvalue weighted by molar-refractivity contribution is 8.00. The summed E-state index contributed by atoms with van der Waals surface area (Å²) in [5.41, 5.74) is 5.69. The number of hydrogen-bond donors (Lipinski definition) is 1. The SMILES string of the molecule is CSC1(CNCc2c(C)cc(C)cc2C)CC1. The van der Waals surface area contributed by atoms with E-state index in [0.717, 1.165) is 13.1 Å². The molecule has 1 aromatic rings. The Morgan fingerprint density at radius 3 is 2.24 bits per heavy atom. The lowest BCUT2D eigenvalue weighted by molar-refractivity contribution is 0.659. The first kappa shape index (κ1) is 13.0. The minimum absolute atomic E-state index is 0.562. The second-order valence-corrected chi connectivity index (χ2v) is 6.64. The highest BCUT2D eigenvalue weighted by atomic mass is 32.2. The number of thioether (sulfide) groups is 1. The van der Waals surface area contributed by atoms with E-state index < -0.39 is 0 Å². The summed E-state index contributed by atoms with van der Waals surface area (Å²) in [6, 6.07) is 4.57. The van der Waals surface area contributed by atoms with Crippen LogP contribution in [-0.2, 0) is 6.54 Å². The molecule has 1 fully saturated rings. The molecule has 0 aromatic heterocycles. The molecule has 1 N–H and O–H groups in total. The molecule has 0 aliphatic heterocycles. The molecular weight excluding hydrogens is 226 g/mol. The van der Waals surface area contributed by atoms with Gasteiger partial charge in [-0.2, -0.15) is 11.8 Å². The lowest BCUT2D eigenvalue weighted by Gasteiger charge is -2.16. The second-order valence-electron chi connectivity index (χ2n) is 5.37. The molecule has 1 aliphatic rings. The van der Waals surface area contributed by atoms with Gasteiger partial charge in [0.25, 0.3) is 0 Å². The van der Waals surface area contributed by atoms with Gasteiger partial charge in [0.15, 0.2) is 0 Å². The topological polar surface area (TPSA) is 12.0 Å². The van der Waals surface area contributed by atoms with E-state index in [4.69, 9.17) is 0 Å². The van der Waals surface area contributed by atoms with Crippen LogP contribution in [0.4, 0.5) is 0 Å². The van der Waals surface area contributed by atoms with E-state index in [-0.39, 0.29) is 0 Å². The van der Waals surface area contributed by atoms with E-state index in [2.05, 4.69) is 44.5 Å². The Kier molecular flexibility index (Phi) is 3.84. The van der Waals surface area contributed by atoms with Crippen molar-refractivity contribution in [1.82, 2.24) is 5.32 Å². The van der Waals surface area contributed by atoms with Gasteiger partial charge in [-0.15, -0.1) is 0 Å². The minimum atomic E-state index is 0.562. The molecule has 0 saturated heterocycles. The predicted octanol–water partition coefficient (Wildman–Crippen LogP) is 3.60. The maximum atomic E-state index is 3.64. The fourth-order valence-electron chi connectivity index (χ4n) is 2.50. The van der Waals surface area contributed by atoms with Crippen LogP contribution in [0.25, 0.3) is 0 Å². The first-order chi connectivity index (χ1) is 8.06. The molecule has 94 valence electrons. The molecule has 2 heteroatoms. The number of aryl methyl sites for hydroxylation is 3. The van der Waals surface area contributed by atoms with E-state index in [0.29, 0.717) is 4.75 Å². The van der Waals surface area contributed by atoms with Crippen LogP contribution in [0.1, 0.15) is 35.1 Å². The van der Waals surface area contributed by atoms with Crippen molar-refractivity contribution in [3.05, 3.63) is 34.4 Å². The molecule has 1 aliphatic carbocycles. The third-order valence-corrected chi connectivity index (χ3v) is 5.25. The Bertz CT molecular complexity index is 384. The monoisotopic (exact) mass is 249 g/mol. The summed E-state index contributed by atoms with van der Waals surface area (Å²) in [7, 11) is 0. The fraction of sp³-hybridized carbons (Fsp3) is 0.600. The quantitative estimate of drug-likeness (QED) is 0.856. The van der Waals surface area contributed by atoms with Gasteiger partial charge in [-0.05, 0) is 56.6 Å². The molecule has 0 radical (unpaired) electrons. The number of rotatable bonds is 5. The van der Waals surface area contributed by atoms with E-state index in [1.54, 1.807) is 0 Å². The second kappa shape index (κ2) is 5.03. The Morgan fingerprint density at radius 1 is 1.18 bits per heavy atom. The molecule has 1 nitrogen and oxygen atoms in total. The molecule has 17 heavy (non-hydrogen) atoms. The summed E-state index contributed by atoms with van der Waals surface area (Å²) in [6.07, 6.45) is 5.00. The zero-order chi connectivity index (χ0) is 12.5. The normalized spacial score (nSPS) is 17.2. The summed E-state index contributed by atoms with van der Waals surface area (Å²) in [4.78, 5) is 0. The molecule has 1 aromatic carbocycles. The van der Waals surface area contributed by atoms with Crippen LogP contribution < -0.4 is 5.32 Å². The van der Waals surface area contributed by atoms with E-state index in [1.807, 2.05) is 11.8 Å². The largest absolute Gasteiger partial charge is 0.311 e. The summed E-state index contributed by atoms with van der Waals surface area (Å²) in [5, 5.41) is 3.64. The Morgan fingerprint density at radius 2 is 1.76 bits per heavy atom. The Balaban J connectivity index is 1.95. The van der Waals surface area contributed by atoms with Gasteiger partial charge < -0.3 is 5.32 Å². The van der Waals surface area contributed by atoms with Crippen LogP contribution in [0.2, 0.25) is 0 Å². The summed E-state index contributed by atoms with van der Waals surface area (Å²) < 4.78 is 0.562. The summed E-state index contributed by atoms with van der Waals surface area (Å²) >= 11 is 2.02. The third kappa shape index (κ3) is 3.05. The maximum absolute atomic E-state index is 3.64. The first-order valence-electron chi connectivity index (χ1n) is 6.39. The molecule has 0 atom stereocenters. The zero-order valence-electron chi connectivity index (χ0n) is 11.4. The molecule has 0 bridgehead atoms. The van der Waals surface area contributed by atoms with Crippen LogP contribution in [0, 0.1) is 20.8 Å². The summed E-state index contributed by atoms with van der Waals surface area (Å²) in [5.74, 6) is 0. The van der Waals surface area contributed by atoms with Crippen LogP contribution >= 0.6 is 11.8 Å². The van der Waals surface area contributed by atoms with Crippen molar-refractivity contribution in [2.45, 2.75) is 44.9 Å². The van der Waals surface area contributed by atoms with Crippen molar-refractivity contribution in [2.24, 2.45) is 0 Å². The average Bonchev–Trinajstić information content (AvgIpc) is 3.02. The van der Waals surface area contributed by atoms with Crippen LogP contribution in [0.15, 0.2) is 12.1 Å². The van der Waals surface area contributed by atoms with Crippen molar-refractivity contribution in [1.29, 1.82) is 0 Å².